The summed E-state index contributed by atoms with van der Waals surface area (Å²) >= 11 is 0. The zero-order chi connectivity index (χ0) is 13.1. The Balaban J connectivity index is 1.94. The maximum atomic E-state index is 11.8. The normalized spacial score (nSPS) is 15.1. The predicted molar refractivity (Wildman–Crippen MR) is 66.0 cm³/mol. The second-order valence-electron chi connectivity index (χ2n) is 4.42. The average molecular weight is 248 g/mol. The Kier molecular flexibility index (Phi) is 3.62. The van der Waals surface area contributed by atoms with E-state index in [9.17, 15) is 9.59 Å². The third-order valence-corrected chi connectivity index (χ3v) is 2.99. The van der Waals surface area contributed by atoms with Crippen molar-refractivity contribution in [2.45, 2.75) is 12.5 Å². The number of nitrogens with two attached hydrogens (primary N) is 1. The summed E-state index contributed by atoms with van der Waals surface area (Å²) in [6, 6.07) is 6.98. The van der Waals surface area contributed by atoms with Crippen LogP contribution in [-0.2, 0) is 16.0 Å². The molecular formula is C13H16N2O3. The highest BCUT2D eigenvalue weighted by Crippen LogP contribution is 2.11. The van der Waals surface area contributed by atoms with Crippen LogP contribution >= 0.6 is 0 Å². The lowest BCUT2D eigenvalue weighted by Crippen LogP contribution is -2.58. The Morgan fingerprint density at radius 3 is 2.44 bits per heavy atom. The van der Waals surface area contributed by atoms with E-state index < -0.39 is 0 Å². The van der Waals surface area contributed by atoms with Gasteiger partial charge in [0, 0.05) is 19.1 Å². The fourth-order valence-electron chi connectivity index (χ4n) is 1.88. The SMILES string of the molecule is COC(=O)c1ccc(CC(=O)N2CC(N)C2)cc1. The Bertz CT molecular complexity index is 450. The Labute approximate surface area is 106 Å². The van der Waals surface area contributed by atoms with Crippen molar-refractivity contribution in [3.63, 3.8) is 0 Å². The summed E-state index contributed by atoms with van der Waals surface area (Å²) in [5.74, 6) is -0.302. The lowest BCUT2D eigenvalue weighted by atomic mass is 10.1. The first kappa shape index (κ1) is 12.6. The Morgan fingerprint density at radius 2 is 1.94 bits per heavy atom. The van der Waals surface area contributed by atoms with Gasteiger partial charge < -0.3 is 15.4 Å². The van der Waals surface area contributed by atoms with Crippen molar-refractivity contribution in [1.29, 1.82) is 0 Å². The molecule has 0 saturated carbocycles. The van der Waals surface area contributed by atoms with Crippen molar-refractivity contribution >= 4 is 11.9 Å². The molecule has 1 aromatic carbocycles. The standard InChI is InChI=1S/C13H16N2O3/c1-18-13(17)10-4-2-9(3-5-10)6-12(16)15-7-11(14)8-15/h2-5,11H,6-8,14H2,1H3. The van der Waals surface area contributed by atoms with Gasteiger partial charge in [-0.15, -0.1) is 0 Å². The van der Waals surface area contributed by atoms with Gasteiger partial charge in [0.15, 0.2) is 0 Å². The van der Waals surface area contributed by atoms with Gasteiger partial charge in [-0.1, -0.05) is 12.1 Å². The number of methoxy groups -OCH3 is 1. The summed E-state index contributed by atoms with van der Waals surface area (Å²) in [6.07, 6.45) is 0.341. The zero-order valence-corrected chi connectivity index (χ0v) is 10.3. The van der Waals surface area contributed by atoms with E-state index in [2.05, 4.69) is 4.74 Å². The highest BCUT2D eigenvalue weighted by molar-refractivity contribution is 5.89. The molecule has 0 unspecified atom stereocenters. The molecule has 2 N–H and O–H groups in total. The molecule has 1 aliphatic heterocycles. The Hall–Kier alpha value is -1.88. The molecule has 0 atom stereocenters. The number of nitrogens with zero attached hydrogens (tertiary/aromatic N) is 1. The molecule has 0 radical (unpaired) electrons. The maximum Gasteiger partial charge on any atom is 0.337 e. The molecule has 5 nitrogen and oxygen atoms in total. The van der Waals surface area contributed by atoms with Crippen LogP contribution in [0, 0.1) is 0 Å². The number of amides is 1. The number of ether oxygens (including phenoxy) is 1. The van der Waals surface area contributed by atoms with Crippen molar-refractivity contribution in [1.82, 2.24) is 4.90 Å². The molecule has 1 saturated heterocycles. The summed E-state index contributed by atoms with van der Waals surface area (Å²) < 4.78 is 4.61. The number of benzene rings is 1. The van der Waals surface area contributed by atoms with E-state index in [1.807, 2.05) is 0 Å². The van der Waals surface area contributed by atoms with Gasteiger partial charge in [0.05, 0.1) is 19.1 Å². The van der Waals surface area contributed by atoms with Crippen LogP contribution in [0.15, 0.2) is 24.3 Å². The zero-order valence-electron chi connectivity index (χ0n) is 10.3. The largest absolute Gasteiger partial charge is 0.465 e. The quantitative estimate of drug-likeness (QED) is 0.775. The van der Waals surface area contributed by atoms with Crippen LogP contribution in [0.1, 0.15) is 15.9 Å². The van der Waals surface area contributed by atoms with E-state index in [0.717, 1.165) is 5.56 Å². The molecule has 0 bridgehead atoms. The first-order valence-electron chi connectivity index (χ1n) is 5.80. The van der Waals surface area contributed by atoms with E-state index in [0.29, 0.717) is 25.1 Å². The molecular weight excluding hydrogens is 232 g/mol. The third kappa shape index (κ3) is 2.68. The number of hydrogen-bond acceptors (Lipinski definition) is 4. The number of esters is 1. The monoisotopic (exact) mass is 248 g/mol. The summed E-state index contributed by atoms with van der Waals surface area (Å²) in [5, 5.41) is 0. The van der Waals surface area contributed by atoms with Crippen molar-refractivity contribution in [2.24, 2.45) is 5.73 Å². The molecule has 5 heteroatoms. The van der Waals surface area contributed by atoms with E-state index in [1.54, 1.807) is 29.2 Å². The minimum Gasteiger partial charge on any atom is -0.465 e. The van der Waals surface area contributed by atoms with E-state index >= 15 is 0 Å². The summed E-state index contributed by atoms with van der Waals surface area (Å²) in [6.45, 7) is 1.28. The van der Waals surface area contributed by atoms with Crippen molar-refractivity contribution in [3.05, 3.63) is 35.4 Å². The molecule has 2 rings (SSSR count). The highest BCUT2D eigenvalue weighted by atomic mass is 16.5. The van der Waals surface area contributed by atoms with Gasteiger partial charge >= 0.3 is 5.97 Å². The van der Waals surface area contributed by atoms with Gasteiger partial charge in [-0.25, -0.2) is 4.79 Å². The molecule has 18 heavy (non-hydrogen) atoms. The van der Waals surface area contributed by atoms with Gasteiger partial charge in [-0.2, -0.15) is 0 Å². The molecule has 0 spiro atoms. The molecule has 1 amide bonds. The van der Waals surface area contributed by atoms with Crippen LogP contribution in [0.3, 0.4) is 0 Å². The van der Waals surface area contributed by atoms with Gasteiger partial charge in [0.25, 0.3) is 0 Å². The second-order valence-corrected chi connectivity index (χ2v) is 4.42. The molecule has 1 heterocycles. The lowest BCUT2D eigenvalue weighted by Gasteiger charge is -2.36. The van der Waals surface area contributed by atoms with E-state index in [4.69, 9.17) is 5.73 Å². The van der Waals surface area contributed by atoms with Crippen LogP contribution in [0.5, 0.6) is 0 Å². The van der Waals surface area contributed by atoms with E-state index in [1.165, 1.54) is 7.11 Å². The lowest BCUT2D eigenvalue weighted by molar-refractivity contribution is -0.134. The number of carbonyl (C=O) groups excluding carboxylic acids is 2. The van der Waals surface area contributed by atoms with Gasteiger partial charge in [-0.05, 0) is 17.7 Å². The van der Waals surface area contributed by atoms with Crippen LogP contribution in [0.4, 0.5) is 0 Å². The third-order valence-electron chi connectivity index (χ3n) is 2.99. The van der Waals surface area contributed by atoms with Crippen molar-refractivity contribution < 1.29 is 14.3 Å². The molecule has 0 aliphatic carbocycles. The average Bonchev–Trinajstić information content (AvgIpc) is 2.35. The molecule has 96 valence electrons. The van der Waals surface area contributed by atoms with Gasteiger partial charge in [0.2, 0.25) is 5.91 Å². The second kappa shape index (κ2) is 5.18. The van der Waals surface area contributed by atoms with Crippen LogP contribution in [-0.4, -0.2) is 43.0 Å². The van der Waals surface area contributed by atoms with Crippen molar-refractivity contribution in [3.8, 4) is 0 Å². The molecule has 0 aromatic heterocycles. The number of rotatable bonds is 3. The van der Waals surface area contributed by atoms with Crippen LogP contribution < -0.4 is 5.73 Å². The smallest absolute Gasteiger partial charge is 0.337 e. The number of likely N-dealkylation sites (tertiary alicyclic amines) is 1. The first-order chi connectivity index (χ1) is 8.60. The van der Waals surface area contributed by atoms with Gasteiger partial charge in [-0.3, -0.25) is 4.79 Å². The maximum absolute atomic E-state index is 11.8. The van der Waals surface area contributed by atoms with Crippen LogP contribution in [0.25, 0.3) is 0 Å². The summed E-state index contributed by atoms with van der Waals surface area (Å²) in [4.78, 5) is 24.8. The molecule has 1 aromatic rings. The topological polar surface area (TPSA) is 72.6 Å². The van der Waals surface area contributed by atoms with Gasteiger partial charge in [0.1, 0.15) is 0 Å². The minimum atomic E-state index is -0.374. The predicted octanol–water partition coefficient (Wildman–Crippen LogP) is 0.185. The first-order valence-corrected chi connectivity index (χ1v) is 5.80. The van der Waals surface area contributed by atoms with Crippen molar-refractivity contribution in [2.75, 3.05) is 20.2 Å². The minimum absolute atomic E-state index is 0.0718. The molecule has 1 fully saturated rings. The number of hydrogen-bond donors (Lipinski definition) is 1. The van der Waals surface area contributed by atoms with E-state index in [-0.39, 0.29) is 17.9 Å². The molecule has 1 aliphatic rings. The summed E-state index contributed by atoms with van der Waals surface area (Å²) in [5.41, 5.74) is 6.99. The highest BCUT2D eigenvalue weighted by Gasteiger charge is 2.27. The number of carbonyl (C=O) groups is 2. The fourth-order valence-corrected chi connectivity index (χ4v) is 1.88. The Morgan fingerprint density at radius 1 is 1.33 bits per heavy atom. The summed E-state index contributed by atoms with van der Waals surface area (Å²) in [7, 11) is 1.34. The van der Waals surface area contributed by atoms with Crippen LogP contribution in [0.2, 0.25) is 0 Å². The fraction of sp³-hybridized carbons (Fsp3) is 0.385.